The molecule has 0 saturated carbocycles. The van der Waals surface area contributed by atoms with Gasteiger partial charge in [0.25, 0.3) is 0 Å². The van der Waals surface area contributed by atoms with E-state index < -0.39 is 17.3 Å². The lowest BCUT2D eigenvalue weighted by Crippen LogP contribution is -2.33. The molecular weight excluding hydrogens is 234 g/mol. The molecule has 0 aromatic heterocycles. The van der Waals surface area contributed by atoms with Crippen molar-refractivity contribution < 1.29 is 19.1 Å². The molecule has 0 atom stereocenters. The van der Waals surface area contributed by atoms with E-state index in [1.807, 2.05) is 20.8 Å². The molecule has 0 heterocycles. The molecule has 1 amide bonds. The van der Waals surface area contributed by atoms with Gasteiger partial charge in [0, 0.05) is 13.0 Å². The van der Waals surface area contributed by atoms with Crippen molar-refractivity contribution in [1.29, 1.82) is 0 Å². The van der Waals surface area contributed by atoms with E-state index in [1.54, 1.807) is 20.8 Å². The molecule has 18 heavy (non-hydrogen) atoms. The first-order valence-corrected chi connectivity index (χ1v) is 6.18. The van der Waals surface area contributed by atoms with Crippen molar-refractivity contribution in [3.63, 3.8) is 0 Å². The highest BCUT2D eigenvalue weighted by atomic mass is 16.6. The molecule has 0 spiro atoms. The summed E-state index contributed by atoms with van der Waals surface area (Å²) in [7, 11) is 0. The third-order valence-corrected chi connectivity index (χ3v) is 1.65. The molecule has 0 rings (SSSR count). The number of ether oxygens (including phenoxy) is 2. The number of nitrogens with one attached hydrogen (secondary N) is 1. The molecule has 0 unspecified atom stereocenters. The van der Waals surface area contributed by atoms with Crippen molar-refractivity contribution in [2.75, 3.05) is 6.54 Å². The quantitative estimate of drug-likeness (QED) is 0.622. The maximum atomic E-state index is 11.4. The van der Waals surface area contributed by atoms with Gasteiger partial charge in [-0.05, 0) is 48.0 Å². The predicted molar refractivity (Wildman–Crippen MR) is 69.3 cm³/mol. The Morgan fingerprint density at radius 2 is 1.44 bits per heavy atom. The minimum atomic E-state index is -0.505. The van der Waals surface area contributed by atoms with Crippen LogP contribution in [0.1, 0.15) is 54.4 Å². The number of alkyl carbamates (subject to hydrolysis) is 1. The van der Waals surface area contributed by atoms with Gasteiger partial charge < -0.3 is 14.8 Å². The summed E-state index contributed by atoms with van der Waals surface area (Å²) in [6.07, 6.45) is 0.355. The Morgan fingerprint density at radius 1 is 0.944 bits per heavy atom. The number of rotatable bonds is 4. The lowest BCUT2D eigenvalue weighted by molar-refractivity contribution is -0.154. The number of hydrogen-bond donors (Lipinski definition) is 1. The first-order chi connectivity index (χ1) is 7.99. The number of carbonyl (C=O) groups is 2. The molecular formula is C13H25NO4. The normalized spacial score (nSPS) is 11.9. The van der Waals surface area contributed by atoms with Crippen molar-refractivity contribution in [1.82, 2.24) is 5.32 Å². The van der Waals surface area contributed by atoms with Crippen LogP contribution in [0.15, 0.2) is 0 Å². The lowest BCUT2D eigenvalue weighted by atomic mass is 10.2. The lowest BCUT2D eigenvalue weighted by Gasteiger charge is -2.20. The summed E-state index contributed by atoms with van der Waals surface area (Å²) in [6, 6.07) is 0. The van der Waals surface area contributed by atoms with Crippen LogP contribution in [0, 0.1) is 0 Å². The molecule has 0 bridgehead atoms. The standard InChI is InChI=1S/C13H25NO4/c1-12(2,3)17-10(15)8-7-9-14-11(16)18-13(4,5)6/h7-9H2,1-6H3,(H,14,16). The van der Waals surface area contributed by atoms with Crippen LogP contribution in [0.3, 0.4) is 0 Å². The minimum Gasteiger partial charge on any atom is -0.460 e. The molecule has 0 saturated heterocycles. The van der Waals surface area contributed by atoms with E-state index in [0.717, 1.165) is 0 Å². The van der Waals surface area contributed by atoms with Gasteiger partial charge >= 0.3 is 12.1 Å². The Balaban J connectivity index is 3.69. The highest BCUT2D eigenvalue weighted by Crippen LogP contribution is 2.09. The van der Waals surface area contributed by atoms with Gasteiger partial charge in [-0.15, -0.1) is 0 Å². The topological polar surface area (TPSA) is 64.6 Å². The Morgan fingerprint density at radius 3 is 1.89 bits per heavy atom. The average Bonchev–Trinajstić information content (AvgIpc) is 2.06. The average molecular weight is 259 g/mol. The molecule has 5 nitrogen and oxygen atoms in total. The van der Waals surface area contributed by atoms with E-state index in [9.17, 15) is 9.59 Å². The smallest absolute Gasteiger partial charge is 0.407 e. The summed E-state index contributed by atoms with van der Waals surface area (Å²) in [5.41, 5.74) is -0.967. The molecule has 0 fully saturated rings. The zero-order valence-electron chi connectivity index (χ0n) is 12.3. The Labute approximate surface area is 109 Å². The summed E-state index contributed by atoms with van der Waals surface area (Å²) < 4.78 is 10.2. The largest absolute Gasteiger partial charge is 0.460 e. The van der Waals surface area contributed by atoms with Crippen LogP contribution in [0.25, 0.3) is 0 Å². The number of amides is 1. The van der Waals surface area contributed by atoms with Crippen LogP contribution < -0.4 is 5.32 Å². The van der Waals surface area contributed by atoms with E-state index >= 15 is 0 Å². The fourth-order valence-electron chi connectivity index (χ4n) is 1.13. The highest BCUT2D eigenvalue weighted by Gasteiger charge is 2.17. The molecule has 0 aliphatic carbocycles. The van der Waals surface area contributed by atoms with Gasteiger partial charge in [0.05, 0.1) is 0 Å². The van der Waals surface area contributed by atoms with Gasteiger partial charge in [-0.3, -0.25) is 4.79 Å². The van der Waals surface area contributed by atoms with Crippen molar-refractivity contribution in [2.45, 2.75) is 65.6 Å². The Kier molecular flexibility index (Phi) is 6.15. The second kappa shape index (κ2) is 6.61. The SMILES string of the molecule is CC(C)(C)OC(=O)CCCNC(=O)OC(C)(C)C. The Bertz CT molecular complexity index is 256. The van der Waals surface area contributed by atoms with E-state index in [2.05, 4.69) is 5.32 Å². The molecule has 0 aromatic rings. The molecule has 106 valence electrons. The van der Waals surface area contributed by atoms with Crippen molar-refractivity contribution >= 4 is 12.1 Å². The van der Waals surface area contributed by atoms with E-state index in [0.29, 0.717) is 13.0 Å². The molecule has 0 aromatic carbocycles. The Hall–Kier alpha value is -1.26. The van der Waals surface area contributed by atoms with Crippen LogP contribution in [0.2, 0.25) is 0 Å². The fraction of sp³-hybridized carbons (Fsp3) is 0.846. The number of esters is 1. The van der Waals surface area contributed by atoms with Crippen LogP contribution in [0.4, 0.5) is 4.79 Å². The fourth-order valence-corrected chi connectivity index (χ4v) is 1.13. The van der Waals surface area contributed by atoms with Crippen LogP contribution >= 0.6 is 0 Å². The third kappa shape index (κ3) is 11.2. The van der Waals surface area contributed by atoms with Crippen molar-refractivity contribution in [3.8, 4) is 0 Å². The van der Waals surface area contributed by atoms with Gasteiger partial charge in [-0.2, -0.15) is 0 Å². The summed E-state index contributed by atoms with van der Waals surface area (Å²) in [5, 5.41) is 2.59. The van der Waals surface area contributed by atoms with Crippen LogP contribution in [0.5, 0.6) is 0 Å². The van der Waals surface area contributed by atoms with Crippen molar-refractivity contribution in [2.24, 2.45) is 0 Å². The first-order valence-electron chi connectivity index (χ1n) is 6.18. The predicted octanol–water partition coefficient (Wildman–Crippen LogP) is 2.63. The second-order valence-electron chi connectivity index (χ2n) is 6.12. The van der Waals surface area contributed by atoms with Crippen LogP contribution in [-0.4, -0.2) is 29.8 Å². The monoisotopic (exact) mass is 259 g/mol. The van der Waals surface area contributed by atoms with E-state index in [4.69, 9.17) is 9.47 Å². The van der Waals surface area contributed by atoms with E-state index in [-0.39, 0.29) is 12.4 Å². The summed E-state index contributed by atoms with van der Waals surface area (Å²) >= 11 is 0. The second-order valence-corrected chi connectivity index (χ2v) is 6.12. The molecule has 0 radical (unpaired) electrons. The molecule has 0 aliphatic heterocycles. The van der Waals surface area contributed by atoms with Gasteiger partial charge in [0.15, 0.2) is 0 Å². The van der Waals surface area contributed by atoms with E-state index in [1.165, 1.54) is 0 Å². The molecule has 0 aliphatic rings. The maximum Gasteiger partial charge on any atom is 0.407 e. The van der Waals surface area contributed by atoms with Gasteiger partial charge in [-0.25, -0.2) is 4.79 Å². The highest BCUT2D eigenvalue weighted by molar-refractivity contribution is 5.70. The summed E-state index contributed by atoms with van der Waals surface area (Å²) in [6.45, 7) is 11.3. The number of hydrogen-bond acceptors (Lipinski definition) is 4. The van der Waals surface area contributed by atoms with Gasteiger partial charge in [0.1, 0.15) is 11.2 Å². The maximum absolute atomic E-state index is 11.4. The summed E-state index contributed by atoms with van der Waals surface area (Å²) in [5.74, 6) is -0.256. The zero-order valence-corrected chi connectivity index (χ0v) is 12.3. The third-order valence-electron chi connectivity index (χ3n) is 1.65. The van der Waals surface area contributed by atoms with Crippen molar-refractivity contribution in [3.05, 3.63) is 0 Å². The zero-order chi connectivity index (χ0) is 14.4. The first kappa shape index (κ1) is 16.7. The molecule has 5 heteroatoms. The van der Waals surface area contributed by atoms with Crippen LogP contribution in [-0.2, 0) is 14.3 Å². The minimum absolute atomic E-state index is 0.256. The molecule has 1 N–H and O–H groups in total. The van der Waals surface area contributed by atoms with Gasteiger partial charge in [0.2, 0.25) is 0 Å². The van der Waals surface area contributed by atoms with Gasteiger partial charge in [-0.1, -0.05) is 0 Å². The summed E-state index contributed by atoms with van der Waals surface area (Å²) in [4.78, 5) is 22.6. The number of carbonyl (C=O) groups excluding carboxylic acids is 2.